The van der Waals surface area contributed by atoms with Gasteiger partial charge in [-0.15, -0.1) is 0 Å². The fourth-order valence-corrected chi connectivity index (χ4v) is 2.31. The molecule has 0 aromatic carbocycles. The van der Waals surface area contributed by atoms with Crippen LogP contribution in [0.25, 0.3) is 0 Å². The van der Waals surface area contributed by atoms with Gasteiger partial charge >= 0.3 is 5.97 Å². The minimum absolute atomic E-state index is 0.0835. The number of hydrogen-bond acceptors (Lipinski definition) is 4. The topological polar surface area (TPSA) is 58.6 Å². The zero-order chi connectivity index (χ0) is 13.1. The highest BCUT2D eigenvalue weighted by molar-refractivity contribution is 5.75. The molecular weight excluding hydrogens is 218 g/mol. The van der Waals surface area contributed by atoms with E-state index in [0.717, 1.165) is 25.7 Å². The van der Waals surface area contributed by atoms with Crippen molar-refractivity contribution in [2.24, 2.45) is 0 Å². The van der Waals surface area contributed by atoms with Crippen LogP contribution in [0.3, 0.4) is 0 Å². The second-order valence-corrected chi connectivity index (χ2v) is 6.05. The van der Waals surface area contributed by atoms with E-state index in [1.54, 1.807) is 6.92 Å². The summed E-state index contributed by atoms with van der Waals surface area (Å²) in [7, 11) is 0. The van der Waals surface area contributed by atoms with Gasteiger partial charge in [-0.05, 0) is 40.5 Å². The van der Waals surface area contributed by atoms with Crippen molar-refractivity contribution in [1.82, 2.24) is 5.32 Å². The Hall–Kier alpha value is -0.610. The van der Waals surface area contributed by atoms with Crippen molar-refractivity contribution < 1.29 is 14.6 Å². The van der Waals surface area contributed by atoms with Gasteiger partial charge in [0.2, 0.25) is 0 Å². The zero-order valence-electron chi connectivity index (χ0n) is 11.4. The van der Waals surface area contributed by atoms with Crippen LogP contribution >= 0.6 is 0 Å². The molecule has 1 aliphatic carbocycles. The van der Waals surface area contributed by atoms with E-state index in [9.17, 15) is 9.90 Å². The molecule has 0 heterocycles. The summed E-state index contributed by atoms with van der Waals surface area (Å²) >= 11 is 0. The first kappa shape index (κ1) is 14.5. The molecule has 1 fully saturated rings. The maximum Gasteiger partial charge on any atom is 0.323 e. The van der Waals surface area contributed by atoms with Crippen LogP contribution in [0.15, 0.2) is 0 Å². The summed E-state index contributed by atoms with van der Waals surface area (Å²) in [5.74, 6) is -0.253. The van der Waals surface area contributed by atoms with Crippen molar-refractivity contribution in [3.05, 3.63) is 0 Å². The van der Waals surface area contributed by atoms with Crippen molar-refractivity contribution in [2.75, 3.05) is 6.61 Å². The second-order valence-electron chi connectivity index (χ2n) is 6.05. The monoisotopic (exact) mass is 243 g/mol. The van der Waals surface area contributed by atoms with Crippen molar-refractivity contribution in [3.63, 3.8) is 0 Å². The van der Waals surface area contributed by atoms with Crippen LogP contribution in [-0.4, -0.2) is 34.9 Å². The van der Waals surface area contributed by atoms with Gasteiger partial charge in [0.05, 0.1) is 6.61 Å². The molecule has 4 nitrogen and oxygen atoms in total. The van der Waals surface area contributed by atoms with Gasteiger partial charge in [-0.1, -0.05) is 12.8 Å². The number of esters is 1. The summed E-state index contributed by atoms with van der Waals surface area (Å²) in [5, 5.41) is 12.7. The van der Waals surface area contributed by atoms with E-state index in [-0.39, 0.29) is 24.2 Å². The number of nitrogens with one attached hydrogen (secondary N) is 1. The maximum absolute atomic E-state index is 11.8. The summed E-state index contributed by atoms with van der Waals surface area (Å²) in [6.07, 6.45) is 4.07. The van der Waals surface area contributed by atoms with Crippen molar-refractivity contribution in [1.29, 1.82) is 0 Å². The SMILES string of the molecule is CC(NC1(CO)CCCC1)C(=O)OC(C)(C)C. The lowest BCUT2D eigenvalue weighted by Gasteiger charge is -2.32. The van der Waals surface area contributed by atoms with Crippen LogP contribution in [0, 0.1) is 0 Å². The van der Waals surface area contributed by atoms with Crippen molar-refractivity contribution >= 4 is 5.97 Å². The molecule has 1 aliphatic rings. The van der Waals surface area contributed by atoms with E-state index < -0.39 is 5.60 Å². The molecule has 0 radical (unpaired) electrons. The van der Waals surface area contributed by atoms with E-state index >= 15 is 0 Å². The Bertz CT molecular complexity index is 264. The zero-order valence-corrected chi connectivity index (χ0v) is 11.4. The Kier molecular flexibility index (Phi) is 4.55. The molecule has 0 saturated heterocycles. The number of hydrogen-bond donors (Lipinski definition) is 2. The highest BCUT2D eigenvalue weighted by atomic mass is 16.6. The molecule has 1 saturated carbocycles. The van der Waals surface area contributed by atoms with Crippen LogP contribution < -0.4 is 5.32 Å². The van der Waals surface area contributed by atoms with Gasteiger partial charge in [-0.25, -0.2) is 0 Å². The van der Waals surface area contributed by atoms with E-state index in [4.69, 9.17) is 4.74 Å². The summed E-state index contributed by atoms with van der Waals surface area (Å²) in [5.41, 5.74) is -0.745. The van der Waals surface area contributed by atoms with Crippen LogP contribution in [0.1, 0.15) is 53.4 Å². The summed E-state index contributed by atoms with van der Waals surface area (Å²) in [6, 6.07) is -0.375. The van der Waals surface area contributed by atoms with Crippen LogP contribution in [0.5, 0.6) is 0 Å². The molecule has 0 amide bonds. The molecule has 2 N–H and O–H groups in total. The van der Waals surface area contributed by atoms with Gasteiger partial charge in [-0.2, -0.15) is 0 Å². The predicted octanol–water partition coefficient (Wildman–Crippen LogP) is 1.61. The number of aliphatic hydroxyl groups excluding tert-OH is 1. The summed E-state index contributed by atoms with van der Waals surface area (Å²) in [4.78, 5) is 11.8. The minimum atomic E-state index is -0.463. The van der Waals surface area contributed by atoms with Crippen LogP contribution in [0.2, 0.25) is 0 Å². The third kappa shape index (κ3) is 4.28. The van der Waals surface area contributed by atoms with Gasteiger partial charge in [0.15, 0.2) is 0 Å². The molecular formula is C13H25NO3. The average Bonchev–Trinajstić information content (AvgIpc) is 2.64. The molecule has 1 atom stereocenters. The molecule has 0 aromatic rings. The Labute approximate surface area is 104 Å². The number of carbonyl (C=O) groups is 1. The van der Waals surface area contributed by atoms with Gasteiger partial charge < -0.3 is 9.84 Å². The van der Waals surface area contributed by atoms with Crippen molar-refractivity contribution in [2.45, 2.75) is 70.6 Å². The molecule has 17 heavy (non-hydrogen) atoms. The number of carbonyl (C=O) groups excluding carboxylic acids is 1. The highest BCUT2D eigenvalue weighted by Crippen LogP contribution is 2.29. The Morgan fingerprint density at radius 3 is 2.35 bits per heavy atom. The summed E-state index contributed by atoms with van der Waals surface area (Å²) in [6.45, 7) is 7.45. The first-order valence-corrected chi connectivity index (χ1v) is 6.39. The lowest BCUT2D eigenvalue weighted by atomic mass is 9.97. The van der Waals surface area contributed by atoms with E-state index in [1.165, 1.54) is 0 Å². The standard InChI is InChI=1S/C13H25NO3/c1-10(11(16)17-12(2,3)4)14-13(9-15)7-5-6-8-13/h10,14-15H,5-9H2,1-4H3. The van der Waals surface area contributed by atoms with Gasteiger partial charge in [0, 0.05) is 5.54 Å². The molecule has 0 spiro atoms. The Balaban J connectivity index is 2.53. The molecule has 0 aromatic heterocycles. The number of ether oxygens (including phenoxy) is 1. The predicted molar refractivity (Wildman–Crippen MR) is 66.7 cm³/mol. The summed E-state index contributed by atoms with van der Waals surface area (Å²) < 4.78 is 5.32. The second kappa shape index (κ2) is 5.36. The quantitative estimate of drug-likeness (QED) is 0.737. The normalized spacial score (nSPS) is 21.2. The third-order valence-corrected chi connectivity index (χ3v) is 3.15. The van der Waals surface area contributed by atoms with Crippen LogP contribution in [-0.2, 0) is 9.53 Å². The number of rotatable bonds is 4. The highest BCUT2D eigenvalue weighted by Gasteiger charge is 2.36. The molecule has 1 rings (SSSR count). The van der Waals surface area contributed by atoms with Crippen molar-refractivity contribution in [3.8, 4) is 0 Å². The lowest BCUT2D eigenvalue weighted by Crippen LogP contribution is -2.53. The lowest BCUT2D eigenvalue weighted by molar-refractivity contribution is -0.157. The molecule has 4 heteroatoms. The molecule has 1 unspecified atom stereocenters. The van der Waals surface area contributed by atoms with E-state index in [0.29, 0.717) is 0 Å². The average molecular weight is 243 g/mol. The van der Waals surface area contributed by atoms with E-state index in [2.05, 4.69) is 5.32 Å². The molecule has 0 bridgehead atoms. The first-order chi connectivity index (χ1) is 7.78. The van der Waals surface area contributed by atoms with Crippen LogP contribution in [0.4, 0.5) is 0 Å². The Morgan fingerprint density at radius 1 is 1.41 bits per heavy atom. The van der Waals surface area contributed by atoms with Gasteiger partial charge in [0.1, 0.15) is 11.6 Å². The minimum Gasteiger partial charge on any atom is -0.459 e. The third-order valence-electron chi connectivity index (χ3n) is 3.15. The fraction of sp³-hybridized carbons (Fsp3) is 0.923. The van der Waals surface area contributed by atoms with E-state index in [1.807, 2.05) is 20.8 Å². The molecule has 100 valence electrons. The maximum atomic E-state index is 11.8. The number of aliphatic hydroxyl groups is 1. The molecule has 0 aliphatic heterocycles. The first-order valence-electron chi connectivity index (χ1n) is 6.39. The largest absolute Gasteiger partial charge is 0.459 e. The Morgan fingerprint density at radius 2 is 1.94 bits per heavy atom. The smallest absolute Gasteiger partial charge is 0.323 e. The van der Waals surface area contributed by atoms with Gasteiger partial charge in [0.25, 0.3) is 0 Å². The fourth-order valence-electron chi connectivity index (χ4n) is 2.31. The van der Waals surface area contributed by atoms with Gasteiger partial charge in [-0.3, -0.25) is 10.1 Å².